The number of benzene rings is 1. The van der Waals surface area contributed by atoms with Gasteiger partial charge in [0.1, 0.15) is 5.69 Å². The maximum atomic E-state index is 4.42. The van der Waals surface area contributed by atoms with Gasteiger partial charge in [0.05, 0.1) is 5.69 Å². The van der Waals surface area contributed by atoms with E-state index in [4.69, 9.17) is 0 Å². The quantitative estimate of drug-likeness (QED) is 0.850. The third-order valence-corrected chi connectivity index (χ3v) is 4.01. The number of likely N-dealkylation sites (N-methyl/N-ethyl adjacent to an activating group) is 1. The van der Waals surface area contributed by atoms with E-state index >= 15 is 0 Å². The van der Waals surface area contributed by atoms with Crippen LogP contribution < -0.4 is 4.90 Å². The first-order valence-corrected chi connectivity index (χ1v) is 7.52. The van der Waals surface area contributed by atoms with Gasteiger partial charge < -0.3 is 4.90 Å². The highest BCUT2D eigenvalue weighted by Crippen LogP contribution is 2.39. The van der Waals surface area contributed by atoms with Crippen molar-refractivity contribution < 1.29 is 0 Å². The maximum Gasteiger partial charge on any atom is 0.123 e. The van der Waals surface area contributed by atoms with Crippen LogP contribution in [0.1, 0.15) is 5.69 Å². The van der Waals surface area contributed by atoms with E-state index in [-0.39, 0.29) is 0 Å². The second-order valence-corrected chi connectivity index (χ2v) is 5.53. The van der Waals surface area contributed by atoms with Crippen LogP contribution in [0.3, 0.4) is 0 Å². The number of aromatic nitrogens is 3. The van der Waals surface area contributed by atoms with E-state index in [9.17, 15) is 0 Å². The van der Waals surface area contributed by atoms with E-state index in [1.807, 2.05) is 42.1 Å². The molecule has 2 heterocycles. The Morgan fingerprint density at radius 2 is 1.83 bits per heavy atom. The number of fused-ring (bicyclic) bond motifs is 3. The Hall–Kier alpha value is -2.88. The molecule has 0 aliphatic carbocycles. The van der Waals surface area contributed by atoms with Crippen LogP contribution in [0.5, 0.6) is 0 Å². The Labute approximate surface area is 136 Å². The average molecular weight is 304 g/mol. The van der Waals surface area contributed by atoms with Gasteiger partial charge in [0, 0.05) is 37.5 Å². The van der Waals surface area contributed by atoms with E-state index < -0.39 is 0 Å². The van der Waals surface area contributed by atoms with Crippen molar-refractivity contribution in [1.82, 2.24) is 15.0 Å². The van der Waals surface area contributed by atoms with Crippen molar-refractivity contribution in [3.63, 3.8) is 0 Å². The van der Waals surface area contributed by atoms with Crippen LogP contribution in [-0.2, 0) is 7.05 Å². The van der Waals surface area contributed by atoms with E-state index in [1.165, 1.54) is 0 Å². The molecule has 1 aliphatic rings. The van der Waals surface area contributed by atoms with Gasteiger partial charge in [-0.15, -0.1) is 5.10 Å². The number of para-hydroxylation sites is 1. The van der Waals surface area contributed by atoms with Crippen LogP contribution in [0, 0.1) is 0 Å². The van der Waals surface area contributed by atoms with Crippen LogP contribution in [0.4, 0.5) is 5.69 Å². The van der Waals surface area contributed by atoms with Crippen LogP contribution in [0.25, 0.3) is 16.8 Å². The molecule has 0 radical (unpaired) electrons. The van der Waals surface area contributed by atoms with Gasteiger partial charge in [-0.3, -0.25) is 0 Å². The van der Waals surface area contributed by atoms with Gasteiger partial charge in [-0.25, -0.2) is 4.68 Å². The number of anilines is 1. The molecule has 0 amide bonds. The van der Waals surface area contributed by atoms with E-state index in [0.29, 0.717) is 0 Å². The lowest BCUT2D eigenvalue weighted by Crippen LogP contribution is -2.23. The van der Waals surface area contributed by atoms with Crippen LogP contribution >= 0.6 is 0 Å². The Morgan fingerprint density at radius 3 is 2.57 bits per heavy atom. The summed E-state index contributed by atoms with van der Waals surface area (Å²) in [7, 11) is 4.00. The fraction of sp³-hybridized carbons (Fsp3) is 0.158. The lowest BCUT2D eigenvalue weighted by Gasteiger charge is -2.27. The molecule has 3 rings (SSSR count). The fourth-order valence-electron chi connectivity index (χ4n) is 3.01. The van der Waals surface area contributed by atoms with Gasteiger partial charge >= 0.3 is 0 Å². The predicted molar refractivity (Wildman–Crippen MR) is 96.2 cm³/mol. The average Bonchev–Trinajstić information content (AvgIpc) is 2.92. The van der Waals surface area contributed by atoms with E-state index in [1.54, 1.807) is 6.08 Å². The zero-order chi connectivity index (χ0) is 16.4. The van der Waals surface area contributed by atoms with Crippen LogP contribution in [0.2, 0.25) is 0 Å². The molecule has 4 nitrogen and oxygen atoms in total. The minimum atomic E-state index is 0.771. The number of hydrogen-bond donors (Lipinski definition) is 0. The van der Waals surface area contributed by atoms with Crippen molar-refractivity contribution in [3.05, 3.63) is 73.0 Å². The van der Waals surface area contributed by atoms with Crippen LogP contribution in [-0.4, -0.2) is 28.6 Å². The summed E-state index contributed by atoms with van der Waals surface area (Å²) in [5.41, 5.74) is 6.34. The summed E-state index contributed by atoms with van der Waals surface area (Å²) in [5.74, 6) is 0. The minimum Gasteiger partial charge on any atom is -0.370 e. The topological polar surface area (TPSA) is 34.0 Å². The van der Waals surface area contributed by atoms with Crippen molar-refractivity contribution >= 4 is 11.3 Å². The highest BCUT2D eigenvalue weighted by molar-refractivity contribution is 5.91. The molecule has 23 heavy (non-hydrogen) atoms. The van der Waals surface area contributed by atoms with Gasteiger partial charge in [-0.1, -0.05) is 60.9 Å². The molecule has 0 bridgehead atoms. The molecule has 0 spiro atoms. The summed E-state index contributed by atoms with van der Waals surface area (Å²) in [6.07, 6.45) is 7.67. The van der Waals surface area contributed by atoms with Crippen molar-refractivity contribution in [2.24, 2.45) is 7.05 Å². The third kappa shape index (κ3) is 2.52. The molecular formula is C19H20N4. The summed E-state index contributed by atoms with van der Waals surface area (Å²) in [5, 5.41) is 8.67. The molecule has 1 aromatic heterocycles. The van der Waals surface area contributed by atoms with Gasteiger partial charge in [0.2, 0.25) is 0 Å². The molecular weight excluding hydrogens is 284 g/mol. The Kier molecular flexibility index (Phi) is 3.98. The minimum absolute atomic E-state index is 0.771. The summed E-state index contributed by atoms with van der Waals surface area (Å²) in [6, 6.07) is 8.28. The number of nitrogens with zero attached hydrogens (tertiary/aromatic N) is 4. The Bertz CT molecular complexity index is 824. The molecule has 4 heteroatoms. The zero-order valence-electron chi connectivity index (χ0n) is 13.5. The highest BCUT2D eigenvalue weighted by Gasteiger charge is 2.25. The molecule has 0 saturated heterocycles. The lowest BCUT2D eigenvalue weighted by atomic mass is 9.93. The second-order valence-electron chi connectivity index (χ2n) is 5.53. The SMILES string of the molecule is C=C/C=C1/CN(C)c2ccccc2-c2nnn(C)c2/C1=C/C=C. The molecule has 0 N–H and O–H groups in total. The molecule has 2 aromatic rings. The highest BCUT2D eigenvalue weighted by atomic mass is 15.4. The van der Waals surface area contributed by atoms with Crippen LogP contribution in [0.15, 0.2) is 67.3 Å². The van der Waals surface area contributed by atoms with Crippen molar-refractivity contribution in [1.29, 1.82) is 0 Å². The molecule has 1 aliphatic heterocycles. The van der Waals surface area contributed by atoms with E-state index in [2.05, 4.69) is 47.6 Å². The van der Waals surface area contributed by atoms with Crippen molar-refractivity contribution in [2.75, 3.05) is 18.5 Å². The number of allylic oxidation sites excluding steroid dienone is 4. The summed E-state index contributed by atoms with van der Waals surface area (Å²) >= 11 is 0. The second kappa shape index (κ2) is 6.08. The van der Waals surface area contributed by atoms with Crippen molar-refractivity contribution in [3.8, 4) is 11.3 Å². The van der Waals surface area contributed by atoms with Crippen molar-refractivity contribution in [2.45, 2.75) is 0 Å². The first-order valence-electron chi connectivity index (χ1n) is 7.52. The van der Waals surface area contributed by atoms with Gasteiger partial charge in [0.15, 0.2) is 0 Å². The Morgan fingerprint density at radius 1 is 1.09 bits per heavy atom. The zero-order valence-corrected chi connectivity index (χ0v) is 13.5. The first-order chi connectivity index (χ1) is 11.2. The Balaban J connectivity index is 2.37. The first kappa shape index (κ1) is 15.0. The monoisotopic (exact) mass is 304 g/mol. The third-order valence-electron chi connectivity index (χ3n) is 4.01. The summed E-state index contributed by atoms with van der Waals surface area (Å²) in [6.45, 7) is 8.48. The van der Waals surface area contributed by atoms with Gasteiger partial charge in [-0.05, 0) is 11.6 Å². The van der Waals surface area contributed by atoms with Gasteiger partial charge in [0.25, 0.3) is 0 Å². The lowest BCUT2D eigenvalue weighted by molar-refractivity contribution is 0.707. The molecule has 1 aromatic carbocycles. The number of hydrogen-bond acceptors (Lipinski definition) is 3. The fourth-order valence-corrected chi connectivity index (χ4v) is 3.01. The normalized spacial score (nSPS) is 17.4. The maximum absolute atomic E-state index is 4.42. The molecule has 0 atom stereocenters. The molecule has 116 valence electrons. The molecule has 0 fully saturated rings. The predicted octanol–water partition coefficient (Wildman–Crippen LogP) is 3.61. The number of aryl methyl sites for hydroxylation is 1. The van der Waals surface area contributed by atoms with E-state index in [0.717, 1.165) is 40.3 Å². The smallest absolute Gasteiger partial charge is 0.123 e. The number of rotatable bonds is 2. The molecule has 0 unspecified atom stereocenters. The largest absolute Gasteiger partial charge is 0.370 e. The molecule has 0 saturated carbocycles. The summed E-state index contributed by atoms with van der Waals surface area (Å²) < 4.78 is 1.82. The summed E-state index contributed by atoms with van der Waals surface area (Å²) in [4.78, 5) is 2.22. The standard InChI is InChI=1S/C19H20N4/c1-5-9-14-13-22(3)17-12-8-7-11-16(17)18-19(15(14)10-6-2)23(4)21-20-18/h5-12H,1-2,13H2,3-4H3/b14-9-,15-10+. The van der Waals surface area contributed by atoms with Gasteiger partial charge in [-0.2, -0.15) is 0 Å².